The Hall–Kier alpha value is -2.05. The van der Waals surface area contributed by atoms with E-state index in [9.17, 15) is 9.18 Å². The molecular formula is C12H13FN4O2S. The molecular weight excluding hydrogens is 283 g/mol. The van der Waals surface area contributed by atoms with Crippen molar-refractivity contribution in [3.8, 4) is 0 Å². The minimum Gasteiger partial charge on any atom is -0.465 e. The SMILES string of the molecule is O=C(O)N[C@@H]1CN(c2ccncc2N=C=S)CC[C@H]1F. The summed E-state index contributed by atoms with van der Waals surface area (Å²) in [6.07, 6.45) is 0.955. The molecule has 8 heteroatoms. The van der Waals surface area contributed by atoms with Gasteiger partial charge in [-0.15, -0.1) is 0 Å². The molecule has 1 aromatic rings. The maximum absolute atomic E-state index is 13.7. The Bertz CT molecular complexity index is 550. The lowest BCUT2D eigenvalue weighted by molar-refractivity contribution is 0.167. The van der Waals surface area contributed by atoms with Crippen LogP contribution in [0.5, 0.6) is 0 Å². The third-order valence-corrected chi connectivity index (χ3v) is 3.21. The van der Waals surface area contributed by atoms with Crippen molar-refractivity contribution in [2.45, 2.75) is 18.6 Å². The fourth-order valence-electron chi connectivity index (χ4n) is 2.22. The number of piperidine rings is 1. The standard InChI is InChI=1S/C12H13FN4O2S/c13-8-2-4-17(6-10(8)16-12(18)19)11-1-3-14-5-9(11)15-7-20/h1,3,5,8,10,16H,2,4,6H2,(H,18,19)/t8-,10-/m1/s1. The molecule has 6 nitrogen and oxygen atoms in total. The third-order valence-electron chi connectivity index (χ3n) is 3.12. The fraction of sp³-hybridized carbons (Fsp3) is 0.417. The average Bonchev–Trinajstić information content (AvgIpc) is 2.42. The molecule has 0 bridgehead atoms. The van der Waals surface area contributed by atoms with Crippen molar-refractivity contribution >= 4 is 34.8 Å². The second kappa shape index (κ2) is 6.40. The first-order valence-corrected chi connectivity index (χ1v) is 6.43. The van der Waals surface area contributed by atoms with E-state index in [1.54, 1.807) is 12.3 Å². The van der Waals surface area contributed by atoms with Crippen molar-refractivity contribution in [2.75, 3.05) is 18.0 Å². The highest BCUT2D eigenvalue weighted by atomic mass is 32.1. The molecule has 0 radical (unpaired) electrons. The molecule has 1 fully saturated rings. The molecule has 1 saturated heterocycles. The van der Waals surface area contributed by atoms with Gasteiger partial charge >= 0.3 is 6.09 Å². The molecule has 2 N–H and O–H groups in total. The maximum atomic E-state index is 13.7. The summed E-state index contributed by atoms with van der Waals surface area (Å²) in [6, 6.07) is 0.973. The van der Waals surface area contributed by atoms with Gasteiger partial charge in [0, 0.05) is 19.3 Å². The van der Waals surface area contributed by atoms with Crippen LogP contribution in [-0.4, -0.2) is 46.6 Å². The molecule has 0 aromatic carbocycles. The van der Waals surface area contributed by atoms with Crippen molar-refractivity contribution in [1.29, 1.82) is 0 Å². The highest BCUT2D eigenvalue weighted by molar-refractivity contribution is 7.78. The van der Waals surface area contributed by atoms with Crippen LogP contribution in [0.3, 0.4) is 0 Å². The lowest BCUT2D eigenvalue weighted by Crippen LogP contribution is -2.53. The summed E-state index contributed by atoms with van der Waals surface area (Å²) in [6.45, 7) is 0.709. The number of thiocarbonyl (C=S) groups is 1. The molecule has 1 amide bonds. The number of aliphatic imine (C=N–C) groups is 1. The number of isothiocyanates is 1. The van der Waals surface area contributed by atoms with Crippen LogP contribution >= 0.6 is 12.2 Å². The summed E-state index contributed by atoms with van der Waals surface area (Å²) >= 11 is 4.58. The molecule has 1 aliphatic rings. The van der Waals surface area contributed by atoms with Crippen LogP contribution in [0.25, 0.3) is 0 Å². The summed E-state index contributed by atoms with van der Waals surface area (Å²) in [7, 11) is 0. The molecule has 2 atom stereocenters. The van der Waals surface area contributed by atoms with E-state index in [-0.39, 0.29) is 13.0 Å². The predicted octanol–water partition coefficient (Wildman–Crippen LogP) is 2.00. The van der Waals surface area contributed by atoms with E-state index in [1.165, 1.54) is 6.20 Å². The van der Waals surface area contributed by atoms with E-state index in [0.717, 1.165) is 5.69 Å². The minimum absolute atomic E-state index is 0.234. The molecule has 0 aliphatic carbocycles. The first-order valence-electron chi connectivity index (χ1n) is 6.02. The van der Waals surface area contributed by atoms with E-state index in [0.29, 0.717) is 12.2 Å². The zero-order valence-corrected chi connectivity index (χ0v) is 11.3. The molecule has 1 aromatic heterocycles. The number of rotatable bonds is 3. The van der Waals surface area contributed by atoms with Crippen LogP contribution in [0.1, 0.15) is 6.42 Å². The van der Waals surface area contributed by atoms with Gasteiger partial charge in [0.15, 0.2) is 0 Å². The highest BCUT2D eigenvalue weighted by Crippen LogP contribution is 2.30. The average molecular weight is 296 g/mol. The van der Waals surface area contributed by atoms with Crippen LogP contribution in [0.15, 0.2) is 23.5 Å². The smallest absolute Gasteiger partial charge is 0.405 e. The normalized spacial score (nSPS) is 21.9. The number of carbonyl (C=O) groups is 1. The number of aromatic nitrogens is 1. The van der Waals surface area contributed by atoms with E-state index in [2.05, 4.69) is 32.7 Å². The number of amides is 1. The second-order valence-electron chi connectivity index (χ2n) is 4.37. The largest absolute Gasteiger partial charge is 0.465 e. The Balaban J connectivity index is 2.21. The number of hydrogen-bond donors (Lipinski definition) is 2. The molecule has 0 unspecified atom stereocenters. The summed E-state index contributed by atoms with van der Waals surface area (Å²) in [5, 5.41) is 13.2. The van der Waals surface area contributed by atoms with Gasteiger partial charge in [0.25, 0.3) is 0 Å². The molecule has 2 heterocycles. The number of alkyl halides is 1. The van der Waals surface area contributed by atoms with Crippen molar-refractivity contribution in [3.63, 3.8) is 0 Å². The Morgan fingerprint density at radius 3 is 3.20 bits per heavy atom. The van der Waals surface area contributed by atoms with Gasteiger partial charge in [-0.05, 0) is 24.7 Å². The van der Waals surface area contributed by atoms with Crippen LogP contribution in [0, 0.1) is 0 Å². The maximum Gasteiger partial charge on any atom is 0.405 e. The van der Waals surface area contributed by atoms with Gasteiger partial charge in [-0.25, -0.2) is 9.18 Å². The lowest BCUT2D eigenvalue weighted by Gasteiger charge is -2.36. The number of hydrogen-bond acceptors (Lipinski definition) is 5. The van der Waals surface area contributed by atoms with Gasteiger partial charge in [0.05, 0.1) is 23.1 Å². The zero-order chi connectivity index (χ0) is 14.5. The van der Waals surface area contributed by atoms with Crippen LogP contribution < -0.4 is 10.2 Å². The van der Waals surface area contributed by atoms with E-state index in [1.807, 2.05) is 4.90 Å². The lowest BCUT2D eigenvalue weighted by atomic mass is 10.0. The summed E-state index contributed by atoms with van der Waals surface area (Å²) < 4.78 is 13.7. The molecule has 1 aliphatic heterocycles. The highest BCUT2D eigenvalue weighted by Gasteiger charge is 2.31. The fourth-order valence-corrected chi connectivity index (χ4v) is 2.32. The molecule has 106 valence electrons. The number of nitrogens with zero attached hydrogens (tertiary/aromatic N) is 3. The topological polar surface area (TPSA) is 77.8 Å². The minimum atomic E-state index is -1.23. The number of anilines is 1. The van der Waals surface area contributed by atoms with Crippen molar-refractivity contribution < 1.29 is 14.3 Å². The van der Waals surface area contributed by atoms with Gasteiger partial charge in [0.1, 0.15) is 11.9 Å². The summed E-state index contributed by atoms with van der Waals surface area (Å²) in [5.74, 6) is 0. The number of halogens is 1. The molecule has 20 heavy (non-hydrogen) atoms. The number of nitrogens with one attached hydrogen (secondary N) is 1. The Kier molecular flexibility index (Phi) is 4.60. The van der Waals surface area contributed by atoms with Gasteiger partial charge in [-0.1, -0.05) is 0 Å². The monoisotopic (exact) mass is 296 g/mol. The number of carboxylic acid groups (broad SMARTS) is 1. The Morgan fingerprint density at radius 1 is 1.70 bits per heavy atom. The molecule has 2 rings (SSSR count). The van der Waals surface area contributed by atoms with Crippen molar-refractivity contribution in [3.05, 3.63) is 18.5 Å². The summed E-state index contributed by atoms with van der Waals surface area (Å²) in [5.41, 5.74) is 1.27. The van der Waals surface area contributed by atoms with E-state index in [4.69, 9.17) is 5.11 Å². The predicted molar refractivity (Wildman–Crippen MR) is 75.6 cm³/mol. The Morgan fingerprint density at radius 2 is 2.50 bits per heavy atom. The first-order chi connectivity index (χ1) is 9.61. The van der Waals surface area contributed by atoms with Crippen molar-refractivity contribution in [1.82, 2.24) is 10.3 Å². The third kappa shape index (κ3) is 3.28. The van der Waals surface area contributed by atoms with E-state index >= 15 is 0 Å². The quantitative estimate of drug-likeness (QED) is 0.659. The van der Waals surface area contributed by atoms with Gasteiger partial charge in [0.2, 0.25) is 0 Å². The van der Waals surface area contributed by atoms with Crippen LogP contribution in [-0.2, 0) is 0 Å². The summed E-state index contributed by atoms with van der Waals surface area (Å²) in [4.78, 5) is 20.4. The second-order valence-corrected chi connectivity index (χ2v) is 4.56. The molecule has 0 spiro atoms. The van der Waals surface area contributed by atoms with Crippen LogP contribution in [0.4, 0.5) is 20.6 Å². The zero-order valence-electron chi connectivity index (χ0n) is 10.5. The van der Waals surface area contributed by atoms with Crippen molar-refractivity contribution in [2.24, 2.45) is 4.99 Å². The number of pyridine rings is 1. The van der Waals surface area contributed by atoms with Crippen LogP contribution in [0.2, 0.25) is 0 Å². The first kappa shape index (κ1) is 14.4. The van der Waals surface area contributed by atoms with Gasteiger partial charge < -0.3 is 15.3 Å². The van der Waals surface area contributed by atoms with Gasteiger partial charge in [-0.3, -0.25) is 4.98 Å². The molecule has 0 saturated carbocycles. The van der Waals surface area contributed by atoms with E-state index < -0.39 is 18.3 Å². The Labute approximate surface area is 120 Å². The van der Waals surface area contributed by atoms with Gasteiger partial charge in [-0.2, -0.15) is 4.99 Å².